The highest BCUT2D eigenvalue weighted by Gasteiger charge is 2.06. The van der Waals surface area contributed by atoms with Crippen molar-refractivity contribution in [2.75, 3.05) is 5.88 Å². The summed E-state index contributed by atoms with van der Waals surface area (Å²) in [5, 5.41) is 8.34. The molecule has 4 nitrogen and oxygen atoms in total. The lowest BCUT2D eigenvalue weighted by atomic mass is 10.3. The van der Waals surface area contributed by atoms with E-state index < -0.39 is 0 Å². The third kappa shape index (κ3) is 3.61. The molecule has 2 aromatic rings. The van der Waals surface area contributed by atoms with Crippen molar-refractivity contribution in [3.8, 4) is 5.75 Å². The van der Waals surface area contributed by atoms with Crippen LogP contribution in [0.4, 0.5) is 0 Å². The standard InChI is InChI=1S/C11H10Cl2N2O2/c12-6-5-10-14-15-11(17-10)7-16-9-3-1-8(13)2-4-9/h1-4H,5-7H2. The maximum atomic E-state index is 5.76. The molecule has 0 atom stereocenters. The second-order valence-corrected chi connectivity index (χ2v) is 4.09. The van der Waals surface area contributed by atoms with Gasteiger partial charge in [0.25, 0.3) is 5.89 Å². The number of hydrogen-bond acceptors (Lipinski definition) is 4. The zero-order valence-electron chi connectivity index (χ0n) is 8.90. The van der Waals surface area contributed by atoms with Gasteiger partial charge in [0.2, 0.25) is 5.89 Å². The van der Waals surface area contributed by atoms with Gasteiger partial charge in [0.15, 0.2) is 6.61 Å². The highest BCUT2D eigenvalue weighted by molar-refractivity contribution is 6.30. The van der Waals surface area contributed by atoms with Crippen molar-refractivity contribution < 1.29 is 9.15 Å². The Morgan fingerprint density at radius 3 is 2.53 bits per heavy atom. The molecule has 0 unspecified atom stereocenters. The van der Waals surface area contributed by atoms with E-state index in [4.69, 9.17) is 32.4 Å². The second-order valence-electron chi connectivity index (χ2n) is 3.27. The molecule has 0 spiro atoms. The van der Waals surface area contributed by atoms with E-state index in [9.17, 15) is 0 Å². The summed E-state index contributed by atoms with van der Waals surface area (Å²) in [7, 11) is 0. The molecule has 0 fully saturated rings. The maximum absolute atomic E-state index is 5.76. The van der Waals surface area contributed by atoms with Crippen molar-refractivity contribution in [3.63, 3.8) is 0 Å². The Morgan fingerprint density at radius 1 is 1.12 bits per heavy atom. The molecule has 0 saturated carbocycles. The number of benzene rings is 1. The Hall–Kier alpha value is -1.26. The minimum atomic E-state index is 0.233. The normalized spacial score (nSPS) is 10.5. The van der Waals surface area contributed by atoms with Crippen LogP contribution in [0.15, 0.2) is 28.7 Å². The van der Waals surface area contributed by atoms with Gasteiger partial charge in [0, 0.05) is 17.3 Å². The number of halogens is 2. The van der Waals surface area contributed by atoms with E-state index >= 15 is 0 Å². The zero-order valence-corrected chi connectivity index (χ0v) is 10.4. The molecule has 1 aromatic carbocycles. The van der Waals surface area contributed by atoms with Crippen LogP contribution in [0.1, 0.15) is 11.8 Å². The SMILES string of the molecule is ClCCc1nnc(COc2ccc(Cl)cc2)o1. The van der Waals surface area contributed by atoms with Crippen LogP contribution in [0.3, 0.4) is 0 Å². The molecule has 2 rings (SSSR count). The first-order valence-electron chi connectivity index (χ1n) is 5.03. The van der Waals surface area contributed by atoms with Crippen LogP contribution in [0.5, 0.6) is 5.75 Å². The first-order chi connectivity index (χ1) is 8.28. The average Bonchev–Trinajstić information content (AvgIpc) is 2.77. The summed E-state index contributed by atoms with van der Waals surface area (Å²) in [5.41, 5.74) is 0. The fraction of sp³-hybridized carbons (Fsp3) is 0.273. The van der Waals surface area contributed by atoms with Gasteiger partial charge >= 0.3 is 0 Å². The van der Waals surface area contributed by atoms with Gasteiger partial charge < -0.3 is 9.15 Å². The van der Waals surface area contributed by atoms with Crippen LogP contribution in [0.25, 0.3) is 0 Å². The number of aryl methyl sites for hydroxylation is 1. The molecule has 1 aromatic heterocycles. The van der Waals surface area contributed by atoms with Crippen LogP contribution in [0, 0.1) is 0 Å². The summed E-state index contributed by atoms with van der Waals surface area (Å²) in [4.78, 5) is 0. The molecular weight excluding hydrogens is 263 g/mol. The van der Waals surface area contributed by atoms with Crippen molar-refractivity contribution in [1.82, 2.24) is 10.2 Å². The van der Waals surface area contributed by atoms with E-state index in [-0.39, 0.29) is 6.61 Å². The Morgan fingerprint density at radius 2 is 1.82 bits per heavy atom. The van der Waals surface area contributed by atoms with E-state index in [1.54, 1.807) is 24.3 Å². The molecule has 0 bridgehead atoms. The minimum Gasteiger partial charge on any atom is -0.484 e. The number of rotatable bonds is 5. The summed E-state index contributed by atoms with van der Waals surface area (Å²) in [6.07, 6.45) is 0.565. The number of aromatic nitrogens is 2. The van der Waals surface area contributed by atoms with Gasteiger partial charge in [-0.15, -0.1) is 21.8 Å². The highest BCUT2D eigenvalue weighted by atomic mass is 35.5. The molecule has 0 amide bonds. The summed E-state index contributed by atoms with van der Waals surface area (Å²) in [5.74, 6) is 2.11. The van der Waals surface area contributed by atoms with Crippen molar-refractivity contribution in [1.29, 1.82) is 0 Å². The smallest absolute Gasteiger partial charge is 0.253 e. The van der Waals surface area contributed by atoms with Crippen molar-refractivity contribution in [2.24, 2.45) is 0 Å². The van der Waals surface area contributed by atoms with Crippen molar-refractivity contribution >= 4 is 23.2 Å². The Labute approximate surface area is 109 Å². The van der Waals surface area contributed by atoms with Crippen molar-refractivity contribution in [2.45, 2.75) is 13.0 Å². The molecule has 90 valence electrons. The van der Waals surface area contributed by atoms with E-state index in [1.807, 2.05) is 0 Å². The Balaban J connectivity index is 1.90. The number of ether oxygens (including phenoxy) is 1. The summed E-state index contributed by atoms with van der Waals surface area (Å²) in [6.45, 7) is 0.233. The highest BCUT2D eigenvalue weighted by Crippen LogP contribution is 2.16. The maximum Gasteiger partial charge on any atom is 0.253 e. The van der Waals surface area contributed by atoms with Crippen LogP contribution >= 0.6 is 23.2 Å². The van der Waals surface area contributed by atoms with Crippen molar-refractivity contribution in [3.05, 3.63) is 41.1 Å². The van der Waals surface area contributed by atoms with Crippen LogP contribution < -0.4 is 4.74 Å². The largest absolute Gasteiger partial charge is 0.484 e. The van der Waals surface area contributed by atoms with Gasteiger partial charge in [-0.2, -0.15) is 0 Å². The Kier molecular flexibility index (Phi) is 4.23. The number of hydrogen-bond donors (Lipinski definition) is 0. The third-order valence-corrected chi connectivity index (χ3v) is 2.43. The summed E-state index contributed by atoms with van der Waals surface area (Å²) < 4.78 is 10.8. The molecule has 0 saturated heterocycles. The van der Waals surface area contributed by atoms with E-state index in [0.717, 1.165) is 0 Å². The number of nitrogens with zero attached hydrogens (tertiary/aromatic N) is 2. The van der Waals surface area contributed by atoms with Gasteiger partial charge in [-0.1, -0.05) is 11.6 Å². The lowest BCUT2D eigenvalue weighted by Crippen LogP contribution is -1.95. The quantitative estimate of drug-likeness (QED) is 0.785. The second kappa shape index (κ2) is 5.89. The van der Waals surface area contributed by atoms with Gasteiger partial charge in [-0.05, 0) is 24.3 Å². The molecule has 0 aliphatic heterocycles. The lowest BCUT2D eigenvalue weighted by molar-refractivity contribution is 0.259. The predicted molar refractivity (Wildman–Crippen MR) is 64.5 cm³/mol. The molecule has 6 heteroatoms. The monoisotopic (exact) mass is 272 g/mol. The Bertz CT molecular complexity index is 471. The van der Waals surface area contributed by atoms with Gasteiger partial charge in [0.1, 0.15) is 5.75 Å². The first kappa shape index (κ1) is 12.2. The van der Waals surface area contributed by atoms with Gasteiger partial charge in [-0.3, -0.25) is 0 Å². The first-order valence-corrected chi connectivity index (χ1v) is 5.95. The molecule has 0 aliphatic carbocycles. The third-order valence-electron chi connectivity index (χ3n) is 1.99. The average molecular weight is 273 g/mol. The summed E-state index contributed by atoms with van der Waals surface area (Å²) >= 11 is 11.3. The molecule has 0 aliphatic rings. The fourth-order valence-corrected chi connectivity index (χ4v) is 1.49. The van der Waals surface area contributed by atoms with Gasteiger partial charge in [-0.25, -0.2) is 0 Å². The molecule has 0 radical (unpaired) electrons. The van der Waals surface area contributed by atoms with Gasteiger partial charge in [0.05, 0.1) is 0 Å². The predicted octanol–water partition coefficient (Wildman–Crippen LogP) is 3.08. The fourth-order valence-electron chi connectivity index (χ4n) is 1.20. The van der Waals surface area contributed by atoms with E-state index in [1.165, 1.54) is 0 Å². The molecular formula is C11H10Cl2N2O2. The molecule has 17 heavy (non-hydrogen) atoms. The van der Waals surface area contributed by atoms with E-state index in [2.05, 4.69) is 10.2 Å². The lowest BCUT2D eigenvalue weighted by Gasteiger charge is -2.02. The molecule has 0 N–H and O–H groups in total. The van der Waals surface area contributed by atoms with Crippen LogP contribution in [-0.4, -0.2) is 16.1 Å². The van der Waals surface area contributed by atoms with E-state index in [0.29, 0.717) is 34.9 Å². The topological polar surface area (TPSA) is 48.2 Å². The summed E-state index contributed by atoms with van der Waals surface area (Å²) in [6, 6.07) is 7.06. The number of alkyl halides is 1. The minimum absolute atomic E-state index is 0.233. The molecule has 1 heterocycles. The van der Waals surface area contributed by atoms with Crippen LogP contribution in [-0.2, 0) is 13.0 Å². The van der Waals surface area contributed by atoms with Crippen LogP contribution in [0.2, 0.25) is 5.02 Å². The zero-order chi connectivity index (χ0) is 12.1.